The Kier molecular flexibility index (Phi) is 3.96. The molecule has 1 fully saturated rings. The van der Waals surface area contributed by atoms with Crippen molar-refractivity contribution in [2.24, 2.45) is 0 Å². The van der Waals surface area contributed by atoms with Gasteiger partial charge in [-0.3, -0.25) is 4.79 Å². The zero-order valence-electron chi connectivity index (χ0n) is 12.9. The Hall–Kier alpha value is -1.44. The third kappa shape index (κ3) is 2.64. The third-order valence-electron chi connectivity index (χ3n) is 4.43. The van der Waals surface area contributed by atoms with E-state index in [-0.39, 0.29) is 5.91 Å². The summed E-state index contributed by atoms with van der Waals surface area (Å²) in [5, 5.41) is 0. The van der Waals surface area contributed by atoms with E-state index in [0.717, 1.165) is 24.3 Å². The lowest BCUT2D eigenvalue weighted by Crippen LogP contribution is -2.47. The average molecular weight is 323 g/mol. The zero-order valence-corrected chi connectivity index (χ0v) is 13.8. The molecule has 3 rings (SSSR count). The predicted octanol–water partition coefficient (Wildman–Crippen LogP) is 0.532. The highest BCUT2D eigenvalue weighted by Gasteiger charge is 2.30. The predicted molar refractivity (Wildman–Crippen MR) is 84.4 cm³/mol. The van der Waals surface area contributed by atoms with Crippen LogP contribution >= 0.6 is 0 Å². The Labute approximate surface area is 131 Å². The quantitative estimate of drug-likeness (QED) is 0.797. The van der Waals surface area contributed by atoms with E-state index in [2.05, 4.69) is 4.90 Å². The molecule has 0 saturated carbocycles. The van der Waals surface area contributed by atoms with Gasteiger partial charge in [0.2, 0.25) is 15.9 Å². The molecule has 0 spiro atoms. The summed E-state index contributed by atoms with van der Waals surface area (Å²) in [7, 11) is -1.45. The Morgan fingerprint density at radius 2 is 1.77 bits per heavy atom. The van der Waals surface area contributed by atoms with E-state index < -0.39 is 10.0 Å². The Balaban J connectivity index is 1.88. The number of hydrogen-bond acceptors (Lipinski definition) is 4. The minimum atomic E-state index is -3.44. The fourth-order valence-electron chi connectivity index (χ4n) is 3.04. The summed E-state index contributed by atoms with van der Waals surface area (Å²) < 4.78 is 27.0. The van der Waals surface area contributed by atoms with Crippen molar-refractivity contribution < 1.29 is 13.2 Å². The van der Waals surface area contributed by atoms with E-state index >= 15 is 0 Å². The molecule has 0 bridgehead atoms. The number of anilines is 1. The largest absolute Gasteiger partial charge is 0.312 e. The lowest BCUT2D eigenvalue weighted by Gasteiger charge is -2.31. The normalized spacial score (nSPS) is 20.2. The molecule has 0 N–H and O–H groups in total. The summed E-state index contributed by atoms with van der Waals surface area (Å²) in [5.41, 5.74) is 1.77. The second-order valence-electron chi connectivity index (χ2n) is 5.92. The molecule has 0 atom stereocenters. The molecule has 2 heterocycles. The van der Waals surface area contributed by atoms with Crippen LogP contribution in [0.1, 0.15) is 12.5 Å². The standard InChI is InChI=1S/C15H21N3O3S/c1-12(19)18-6-5-13-11-14(3-4-15(13)18)22(20,21)17-9-7-16(2)8-10-17/h3-4,11H,5-10H2,1-2H3. The molecule has 7 heteroatoms. The Morgan fingerprint density at radius 1 is 1.09 bits per heavy atom. The van der Waals surface area contributed by atoms with E-state index in [4.69, 9.17) is 0 Å². The summed E-state index contributed by atoms with van der Waals surface area (Å²) in [6, 6.07) is 5.10. The van der Waals surface area contributed by atoms with Crippen molar-refractivity contribution in [3.05, 3.63) is 23.8 Å². The number of sulfonamides is 1. The molecule has 0 aromatic heterocycles. The van der Waals surface area contributed by atoms with Crippen LogP contribution in [0.25, 0.3) is 0 Å². The first-order chi connectivity index (χ1) is 10.4. The number of hydrogen-bond donors (Lipinski definition) is 0. The van der Waals surface area contributed by atoms with Crippen LogP contribution in [-0.2, 0) is 21.2 Å². The number of piperazine rings is 1. The van der Waals surface area contributed by atoms with E-state index in [1.54, 1.807) is 27.4 Å². The summed E-state index contributed by atoms with van der Waals surface area (Å²) in [6.45, 7) is 4.71. The van der Waals surface area contributed by atoms with Gasteiger partial charge < -0.3 is 9.80 Å². The van der Waals surface area contributed by atoms with Gasteiger partial charge in [0.25, 0.3) is 0 Å². The number of benzene rings is 1. The van der Waals surface area contributed by atoms with Crippen molar-refractivity contribution >= 4 is 21.6 Å². The Bertz CT molecular complexity index is 694. The Morgan fingerprint density at radius 3 is 2.41 bits per heavy atom. The fraction of sp³-hybridized carbons (Fsp3) is 0.533. The van der Waals surface area contributed by atoms with E-state index in [1.807, 2.05) is 7.05 Å². The number of amides is 1. The van der Waals surface area contributed by atoms with Gasteiger partial charge in [0, 0.05) is 45.3 Å². The van der Waals surface area contributed by atoms with Crippen LogP contribution in [0.15, 0.2) is 23.1 Å². The van der Waals surface area contributed by atoms with E-state index in [1.165, 1.54) is 6.92 Å². The van der Waals surface area contributed by atoms with Gasteiger partial charge in [-0.1, -0.05) is 0 Å². The van der Waals surface area contributed by atoms with Gasteiger partial charge in [-0.2, -0.15) is 4.31 Å². The highest BCUT2D eigenvalue weighted by Crippen LogP contribution is 2.31. The molecule has 1 saturated heterocycles. The molecule has 0 aliphatic carbocycles. The molecule has 2 aliphatic heterocycles. The highest BCUT2D eigenvalue weighted by molar-refractivity contribution is 7.89. The second-order valence-corrected chi connectivity index (χ2v) is 7.86. The van der Waals surface area contributed by atoms with Crippen LogP contribution in [0.3, 0.4) is 0 Å². The number of rotatable bonds is 2. The number of likely N-dealkylation sites (N-methyl/N-ethyl adjacent to an activating group) is 1. The molecule has 120 valence electrons. The van der Waals surface area contributed by atoms with Gasteiger partial charge in [0.05, 0.1) is 4.90 Å². The topological polar surface area (TPSA) is 60.9 Å². The third-order valence-corrected chi connectivity index (χ3v) is 6.32. The van der Waals surface area contributed by atoms with E-state index in [0.29, 0.717) is 31.0 Å². The van der Waals surface area contributed by atoms with Crippen molar-refractivity contribution in [3.8, 4) is 0 Å². The number of carbonyl (C=O) groups is 1. The zero-order chi connectivity index (χ0) is 15.9. The number of carbonyl (C=O) groups excluding carboxylic acids is 1. The average Bonchev–Trinajstić information content (AvgIpc) is 2.90. The van der Waals surface area contributed by atoms with Crippen molar-refractivity contribution in [3.63, 3.8) is 0 Å². The van der Waals surface area contributed by atoms with Crippen LogP contribution in [0, 0.1) is 0 Å². The summed E-state index contributed by atoms with van der Waals surface area (Å²) in [6.07, 6.45) is 0.709. The minimum absolute atomic E-state index is 0.00609. The summed E-state index contributed by atoms with van der Waals surface area (Å²) >= 11 is 0. The van der Waals surface area contributed by atoms with E-state index in [9.17, 15) is 13.2 Å². The SMILES string of the molecule is CC(=O)N1CCc2cc(S(=O)(=O)N3CCN(C)CC3)ccc21. The molecule has 22 heavy (non-hydrogen) atoms. The first kappa shape index (κ1) is 15.5. The van der Waals surface area contributed by atoms with Gasteiger partial charge >= 0.3 is 0 Å². The monoisotopic (exact) mass is 323 g/mol. The first-order valence-corrected chi connectivity index (χ1v) is 8.93. The van der Waals surface area contributed by atoms with Crippen molar-refractivity contribution in [1.29, 1.82) is 0 Å². The molecule has 0 unspecified atom stereocenters. The van der Waals surface area contributed by atoms with Gasteiger partial charge in [-0.15, -0.1) is 0 Å². The molecular weight excluding hydrogens is 302 g/mol. The van der Waals surface area contributed by atoms with Crippen LogP contribution in [0.2, 0.25) is 0 Å². The second kappa shape index (κ2) is 5.64. The van der Waals surface area contributed by atoms with Crippen LogP contribution in [0.4, 0.5) is 5.69 Å². The van der Waals surface area contributed by atoms with Crippen LogP contribution < -0.4 is 4.90 Å². The molecule has 1 amide bonds. The number of fused-ring (bicyclic) bond motifs is 1. The molecule has 1 aromatic rings. The van der Waals surface area contributed by atoms with Gasteiger partial charge in [-0.25, -0.2) is 8.42 Å². The molecule has 6 nitrogen and oxygen atoms in total. The van der Waals surface area contributed by atoms with Crippen molar-refractivity contribution in [1.82, 2.24) is 9.21 Å². The maximum Gasteiger partial charge on any atom is 0.243 e. The van der Waals surface area contributed by atoms with Gasteiger partial charge in [-0.05, 0) is 37.2 Å². The number of nitrogens with zero attached hydrogens (tertiary/aromatic N) is 3. The summed E-state index contributed by atoms with van der Waals surface area (Å²) in [5.74, 6) is -0.00609. The first-order valence-electron chi connectivity index (χ1n) is 7.49. The van der Waals surface area contributed by atoms with Crippen LogP contribution in [-0.4, -0.2) is 63.3 Å². The van der Waals surface area contributed by atoms with Crippen molar-refractivity contribution in [2.45, 2.75) is 18.2 Å². The lowest BCUT2D eigenvalue weighted by atomic mass is 10.2. The highest BCUT2D eigenvalue weighted by atomic mass is 32.2. The van der Waals surface area contributed by atoms with Crippen molar-refractivity contribution in [2.75, 3.05) is 44.7 Å². The fourth-order valence-corrected chi connectivity index (χ4v) is 4.52. The lowest BCUT2D eigenvalue weighted by molar-refractivity contribution is -0.116. The smallest absolute Gasteiger partial charge is 0.243 e. The van der Waals surface area contributed by atoms with Gasteiger partial charge in [0.1, 0.15) is 0 Å². The molecule has 1 aromatic carbocycles. The molecule has 0 radical (unpaired) electrons. The summed E-state index contributed by atoms with van der Waals surface area (Å²) in [4.78, 5) is 15.7. The molecular formula is C15H21N3O3S. The maximum absolute atomic E-state index is 12.7. The maximum atomic E-state index is 12.7. The van der Waals surface area contributed by atoms with Gasteiger partial charge in [0.15, 0.2) is 0 Å². The minimum Gasteiger partial charge on any atom is -0.312 e. The van der Waals surface area contributed by atoms with Crippen LogP contribution in [0.5, 0.6) is 0 Å². The molecule has 2 aliphatic rings.